The zero-order valence-electron chi connectivity index (χ0n) is 9.58. The van der Waals surface area contributed by atoms with Crippen LogP contribution in [0.2, 0.25) is 0 Å². The molecule has 82 valence electrons. The molecule has 0 saturated heterocycles. The van der Waals surface area contributed by atoms with E-state index in [2.05, 4.69) is 19.9 Å². The monoisotopic (exact) mass is 206 g/mol. The maximum atomic E-state index is 10.6. The van der Waals surface area contributed by atoms with E-state index in [9.17, 15) is 4.79 Å². The molecule has 1 rings (SSSR count). The first kappa shape index (κ1) is 11.8. The van der Waals surface area contributed by atoms with Gasteiger partial charge in [0.1, 0.15) is 0 Å². The van der Waals surface area contributed by atoms with Crippen molar-refractivity contribution in [1.29, 1.82) is 0 Å². The van der Waals surface area contributed by atoms with Crippen molar-refractivity contribution in [2.24, 2.45) is 5.92 Å². The van der Waals surface area contributed by atoms with Crippen molar-refractivity contribution in [2.75, 3.05) is 0 Å². The van der Waals surface area contributed by atoms with Gasteiger partial charge in [-0.05, 0) is 36.0 Å². The highest BCUT2D eigenvalue weighted by atomic mass is 16.4. The van der Waals surface area contributed by atoms with E-state index in [0.717, 1.165) is 17.5 Å². The lowest BCUT2D eigenvalue weighted by Crippen LogP contribution is -2.03. The fraction of sp³-hybridized carbons (Fsp3) is 0.462. The molecule has 2 heteroatoms. The van der Waals surface area contributed by atoms with Crippen molar-refractivity contribution >= 4 is 5.97 Å². The molecule has 0 heterocycles. The Kier molecular flexibility index (Phi) is 3.89. The summed E-state index contributed by atoms with van der Waals surface area (Å²) in [5, 5.41) is 8.71. The van der Waals surface area contributed by atoms with E-state index in [1.165, 1.54) is 5.56 Å². The topological polar surface area (TPSA) is 37.3 Å². The summed E-state index contributed by atoms with van der Waals surface area (Å²) < 4.78 is 0. The van der Waals surface area contributed by atoms with Gasteiger partial charge in [-0.3, -0.25) is 4.79 Å². The summed E-state index contributed by atoms with van der Waals surface area (Å²) in [6.07, 6.45) is 1.17. The van der Waals surface area contributed by atoms with Crippen LogP contribution in [0.3, 0.4) is 0 Å². The van der Waals surface area contributed by atoms with E-state index < -0.39 is 5.97 Å². The number of hydrogen-bond donors (Lipinski definition) is 1. The van der Waals surface area contributed by atoms with Gasteiger partial charge in [-0.1, -0.05) is 32.0 Å². The highest BCUT2D eigenvalue weighted by Gasteiger charge is 2.05. The van der Waals surface area contributed by atoms with Gasteiger partial charge in [0.15, 0.2) is 0 Å². The second-order valence-corrected chi connectivity index (χ2v) is 4.43. The Labute approximate surface area is 90.9 Å². The molecule has 0 aromatic heterocycles. The summed E-state index contributed by atoms with van der Waals surface area (Å²) >= 11 is 0. The summed E-state index contributed by atoms with van der Waals surface area (Å²) in [7, 11) is 0. The predicted molar refractivity (Wildman–Crippen MR) is 61.1 cm³/mol. The lowest BCUT2D eigenvalue weighted by atomic mass is 9.97. The van der Waals surface area contributed by atoms with Crippen LogP contribution in [0.1, 0.15) is 30.5 Å². The maximum absolute atomic E-state index is 10.6. The smallest absolute Gasteiger partial charge is 0.307 e. The largest absolute Gasteiger partial charge is 0.481 e. The minimum absolute atomic E-state index is 0.119. The number of hydrogen-bond acceptors (Lipinski definition) is 1. The third kappa shape index (κ3) is 3.74. The van der Waals surface area contributed by atoms with E-state index >= 15 is 0 Å². The van der Waals surface area contributed by atoms with Crippen LogP contribution < -0.4 is 0 Å². The van der Waals surface area contributed by atoms with Crippen LogP contribution in [0.4, 0.5) is 0 Å². The molecule has 0 radical (unpaired) electrons. The first-order chi connectivity index (χ1) is 6.99. The maximum Gasteiger partial charge on any atom is 0.307 e. The van der Waals surface area contributed by atoms with E-state index in [4.69, 9.17) is 5.11 Å². The first-order valence-electron chi connectivity index (χ1n) is 5.29. The molecule has 2 nitrogen and oxygen atoms in total. The molecule has 1 N–H and O–H groups in total. The van der Waals surface area contributed by atoms with Gasteiger partial charge in [-0.15, -0.1) is 0 Å². The van der Waals surface area contributed by atoms with Crippen molar-refractivity contribution in [1.82, 2.24) is 0 Å². The Morgan fingerprint density at radius 1 is 1.40 bits per heavy atom. The fourth-order valence-electron chi connectivity index (χ4n) is 1.72. The van der Waals surface area contributed by atoms with Gasteiger partial charge >= 0.3 is 5.97 Å². The summed E-state index contributed by atoms with van der Waals surface area (Å²) in [5.41, 5.74) is 3.28. The van der Waals surface area contributed by atoms with Crippen LogP contribution in [-0.4, -0.2) is 11.1 Å². The summed E-state index contributed by atoms with van der Waals surface area (Å²) in [5.74, 6) is -0.135. The van der Waals surface area contributed by atoms with Gasteiger partial charge < -0.3 is 5.11 Å². The average Bonchev–Trinajstić information content (AvgIpc) is 2.08. The van der Waals surface area contributed by atoms with Gasteiger partial charge in [0, 0.05) is 0 Å². The Morgan fingerprint density at radius 3 is 2.53 bits per heavy atom. The molecule has 0 unspecified atom stereocenters. The van der Waals surface area contributed by atoms with Crippen molar-refractivity contribution in [3.63, 3.8) is 0 Å². The lowest BCUT2D eigenvalue weighted by Gasteiger charge is -2.08. The number of benzene rings is 1. The number of aryl methyl sites for hydroxylation is 1. The second kappa shape index (κ2) is 4.96. The third-order valence-corrected chi connectivity index (χ3v) is 2.39. The van der Waals surface area contributed by atoms with Gasteiger partial charge in [0.25, 0.3) is 0 Å². The molecule has 0 aliphatic carbocycles. The summed E-state index contributed by atoms with van der Waals surface area (Å²) in [6, 6.07) is 6.06. The second-order valence-electron chi connectivity index (χ2n) is 4.43. The Bertz CT molecular complexity index is 354. The SMILES string of the molecule is Cc1cc(CC(C)C)ccc1CC(=O)O. The molecule has 0 saturated carbocycles. The molecule has 0 bridgehead atoms. The van der Waals surface area contributed by atoms with E-state index in [0.29, 0.717) is 5.92 Å². The standard InChI is InChI=1S/C13H18O2/c1-9(2)6-11-4-5-12(8-13(14)15)10(3)7-11/h4-5,7,9H,6,8H2,1-3H3,(H,14,15). The van der Waals surface area contributed by atoms with Gasteiger partial charge in [-0.2, -0.15) is 0 Å². The van der Waals surface area contributed by atoms with Gasteiger partial charge in [0.05, 0.1) is 6.42 Å². The molecule has 15 heavy (non-hydrogen) atoms. The number of carboxylic acid groups (broad SMARTS) is 1. The first-order valence-corrected chi connectivity index (χ1v) is 5.29. The van der Waals surface area contributed by atoms with Crippen LogP contribution in [0.15, 0.2) is 18.2 Å². The van der Waals surface area contributed by atoms with Gasteiger partial charge in [0.2, 0.25) is 0 Å². The van der Waals surface area contributed by atoms with Gasteiger partial charge in [-0.25, -0.2) is 0 Å². The Morgan fingerprint density at radius 2 is 2.07 bits per heavy atom. The fourth-order valence-corrected chi connectivity index (χ4v) is 1.72. The zero-order chi connectivity index (χ0) is 11.4. The summed E-state index contributed by atoms with van der Waals surface area (Å²) in [6.45, 7) is 6.34. The summed E-state index contributed by atoms with van der Waals surface area (Å²) in [4.78, 5) is 10.6. The minimum atomic E-state index is -0.769. The number of carboxylic acids is 1. The molecule has 1 aromatic rings. The Hall–Kier alpha value is -1.31. The number of carbonyl (C=O) groups is 1. The third-order valence-electron chi connectivity index (χ3n) is 2.39. The molecule has 0 aliphatic heterocycles. The number of rotatable bonds is 4. The number of aliphatic carboxylic acids is 1. The van der Waals surface area contributed by atoms with E-state index in [1.54, 1.807) is 0 Å². The molecule has 0 amide bonds. The predicted octanol–water partition coefficient (Wildman–Crippen LogP) is 2.82. The van der Waals surface area contributed by atoms with Crippen molar-refractivity contribution in [3.8, 4) is 0 Å². The molecule has 0 fully saturated rings. The normalized spacial score (nSPS) is 10.7. The molecular weight excluding hydrogens is 188 g/mol. The average molecular weight is 206 g/mol. The Balaban J connectivity index is 2.83. The molecule has 1 aromatic carbocycles. The quantitative estimate of drug-likeness (QED) is 0.822. The van der Waals surface area contributed by atoms with Crippen LogP contribution in [-0.2, 0) is 17.6 Å². The molecule has 0 atom stereocenters. The van der Waals surface area contributed by atoms with Crippen LogP contribution in [0.25, 0.3) is 0 Å². The van der Waals surface area contributed by atoms with E-state index in [-0.39, 0.29) is 6.42 Å². The molecular formula is C13H18O2. The van der Waals surface area contributed by atoms with Crippen molar-refractivity contribution in [3.05, 3.63) is 34.9 Å². The van der Waals surface area contributed by atoms with Crippen LogP contribution >= 0.6 is 0 Å². The molecule has 0 aliphatic rings. The van der Waals surface area contributed by atoms with Crippen LogP contribution in [0.5, 0.6) is 0 Å². The van der Waals surface area contributed by atoms with Crippen molar-refractivity contribution in [2.45, 2.75) is 33.6 Å². The highest BCUT2D eigenvalue weighted by molar-refractivity contribution is 5.70. The molecule has 0 spiro atoms. The minimum Gasteiger partial charge on any atom is -0.481 e. The zero-order valence-corrected chi connectivity index (χ0v) is 9.58. The lowest BCUT2D eigenvalue weighted by molar-refractivity contribution is -0.136. The van der Waals surface area contributed by atoms with E-state index in [1.807, 2.05) is 19.1 Å². The van der Waals surface area contributed by atoms with Crippen molar-refractivity contribution < 1.29 is 9.90 Å². The van der Waals surface area contributed by atoms with Crippen LogP contribution in [0, 0.1) is 12.8 Å². The highest BCUT2D eigenvalue weighted by Crippen LogP contribution is 2.14.